The highest BCUT2D eigenvalue weighted by atomic mass is 32.2. The molecular weight excluding hydrogens is 256 g/mol. The quantitative estimate of drug-likeness (QED) is 0.584. The predicted octanol–water partition coefficient (Wildman–Crippen LogP) is -0.421. The molecule has 0 saturated carbocycles. The van der Waals surface area contributed by atoms with Gasteiger partial charge in [0.05, 0.1) is 18.5 Å². The minimum atomic E-state index is -0.322. The van der Waals surface area contributed by atoms with Gasteiger partial charge in [0.15, 0.2) is 5.16 Å². The van der Waals surface area contributed by atoms with Gasteiger partial charge in [0.2, 0.25) is 0 Å². The van der Waals surface area contributed by atoms with Gasteiger partial charge < -0.3 is 15.6 Å². The number of ether oxygens (including phenoxy) is 1. The molecule has 0 aliphatic rings. The second-order valence-electron chi connectivity index (χ2n) is 4.23. The number of nitrogens with two attached hydrogens (primary N) is 1. The first kappa shape index (κ1) is 15.2. The number of aliphatic hydroxyl groups is 1. The molecule has 0 bridgehead atoms. The number of aliphatic hydroxyl groups excluding tert-OH is 1. The van der Waals surface area contributed by atoms with Gasteiger partial charge in [-0.05, 0) is 13.8 Å². The summed E-state index contributed by atoms with van der Waals surface area (Å²) >= 11 is 1.28. The van der Waals surface area contributed by atoms with Gasteiger partial charge in [0.1, 0.15) is 0 Å². The zero-order valence-electron chi connectivity index (χ0n) is 10.8. The van der Waals surface area contributed by atoms with Crippen molar-refractivity contribution in [2.75, 3.05) is 20.3 Å². The molecule has 1 rings (SSSR count). The van der Waals surface area contributed by atoms with Crippen molar-refractivity contribution in [3.05, 3.63) is 10.5 Å². The number of methoxy groups -OCH3 is 1. The topological polar surface area (TPSA) is 106 Å². The first-order valence-corrected chi connectivity index (χ1v) is 6.58. The van der Waals surface area contributed by atoms with Crippen LogP contribution in [0.1, 0.15) is 19.9 Å². The Morgan fingerprint density at radius 3 is 2.78 bits per heavy atom. The van der Waals surface area contributed by atoms with Crippen molar-refractivity contribution in [1.29, 1.82) is 0 Å². The summed E-state index contributed by atoms with van der Waals surface area (Å²) in [5, 5.41) is 16.0. The summed E-state index contributed by atoms with van der Waals surface area (Å²) in [5.74, 6) is 0. The average Bonchev–Trinajstić information content (AvgIpc) is 2.67. The molecule has 1 aromatic heterocycles. The molecule has 0 spiro atoms. The van der Waals surface area contributed by atoms with E-state index in [1.807, 2.05) is 13.8 Å². The maximum absolute atomic E-state index is 11.6. The minimum absolute atomic E-state index is 0.00302. The van der Waals surface area contributed by atoms with E-state index >= 15 is 0 Å². The van der Waals surface area contributed by atoms with Crippen LogP contribution >= 0.6 is 11.8 Å². The zero-order valence-corrected chi connectivity index (χ0v) is 11.6. The fraction of sp³-hybridized carbons (Fsp3) is 0.800. The third-order valence-electron chi connectivity index (χ3n) is 2.46. The Hall–Kier alpha value is -0.830. The first-order valence-electron chi connectivity index (χ1n) is 5.70. The van der Waals surface area contributed by atoms with Gasteiger partial charge in [-0.2, -0.15) is 0 Å². The highest BCUT2D eigenvalue weighted by molar-refractivity contribution is 7.99. The lowest BCUT2D eigenvalue weighted by molar-refractivity contribution is 0.167. The van der Waals surface area contributed by atoms with Crippen LogP contribution in [0.4, 0.5) is 0 Å². The van der Waals surface area contributed by atoms with Gasteiger partial charge in [-0.3, -0.25) is 4.57 Å². The van der Waals surface area contributed by atoms with Crippen molar-refractivity contribution in [2.45, 2.75) is 36.3 Å². The predicted molar refractivity (Wildman–Crippen MR) is 69.8 cm³/mol. The molecule has 0 radical (unpaired) electrons. The molecule has 18 heavy (non-hydrogen) atoms. The summed E-state index contributed by atoms with van der Waals surface area (Å²) in [6, 6.07) is -0.325. The number of hydrogen-bond donors (Lipinski definition) is 3. The summed E-state index contributed by atoms with van der Waals surface area (Å²) in [5.41, 5.74) is 5.63. The second-order valence-corrected chi connectivity index (χ2v) is 5.44. The van der Waals surface area contributed by atoms with E-state index in [1.165, 1.54) is 16.3 Å². The highest BCUT2D eigenvalue weighted by Gasteiger charge is 2.22. The zero-order chi connectivity index (χ0) is 13.7. The van der Waals surface area contributed by atoms with Crippen LogP contribution in [0, 0.1) is 0 Å². The number of nitrogens with one attached hydrogen (secondary N) is 1. The van der Waals surface area contributed by atoms with Crippen molar-refractivity contribution in [3.8, 4) is 0 Å². The van der Waals surface area contributed by atoms with E-state index < -0.39 is 0 Å². The standard InChI is InChI=1S/C10H20N4O3S/c1-6(2)14-9(16)12-13-10(14)18-8(4-15)7(11)5-17-3/h6-8,15H,4-5,11H2,1-3H3,(H,12,16). The van der Waals surface area contributed by atoms with Crippen LogP contribution < -0.4 is 11.4 Å². The van der Waals surface area contributed by atoms with Gasteiger partial charge in [-0.15, -0.1) is 5.10 Å². The molecule has 8 heteroatoms. The van der Waals surface area contributed by atoms with Crippen LogP contribution in [0.2, 0.25) is 0 Å². The maximum Gasteiger partial charge on any atom is 0.344 e. The number of rotatable bonds is 7. The molecule has 0 aliphatic heterocycles. The molecule has 0 saturated heterocycles. The van der Waals surface area contributed by atoms with Crippen LogP contribution in [0.5, 0.6) is 0 Å². The molecule has 0 fully saturated rings. The molecule has 0 aliphatic carbocycles. The van der Waals surface area contributed by atoms with Crippen molar-refractivity contribution in [2.24, 2.45) is 5.73 Å². The summed E-state index contributed by atoms with van der Waals surface area (Å²) in [6.45, 7) is 4.02. The highest BCUT2D eigenvalue weighted by Crippen LogP contribution is 2.23. The molecular formula is C10H20N4O3S. The van der Waals surface area contributed by atoms with Crippen molar-refractivity contribution in [3.63, 3.8) is 0 Å². The van der Waals surface area contributed by atoms with Gasteiger partial charge in [-0.25, -0.2) is 9.89 Å². The molecule has 7 nitrogen and oxygen atoms in total. The lowest BCUT2D eigenvalue weighted by Crippen LogP contribution is -2.39. The minimum Gasteiger partial charge on any atom is -0.395 e. The Kier molecular flexibility index (Phi) is 5.86. The Labute approximate surface area is 110 Å². The number of nitrogens with zero attached hydrogens (tertiary/aromatic N) is 2. The van der Waals surface area contributed by atoms with Crippen LogP contribution in [0.25, 0.3) is 0 Å². The van der Waals surface area contributed by atoms with Gasteiger partial charge in [0, 0.05) is 19.2 Å². The van der Waals surface area contributed by atoms with E-state index in [0.29, 0.717) is 11.8 Å². The molecule has 1 aromatic rings. The van der Waals surface area contributed by atoms with Gasteiger partial charge in [-0.1, -0.05) is 11.8 Å². The number of aromatic nitrogens is 3. The van der Waals surface area contributed by atoms with Crippen molar-refractivity contribution in [1.82, 2.24) is 14.8 Å². The fourth-order valence-corrected chi connectivity index (χ4v) is 2.63. The Balaban J connectivity index is 2.85. The lowest BCUT2D eigenvalue weighted by Gasteiger charge is -2.20. The van der Waals surface area contributed by atoms with Crippen molar-refractivity contribution < 1.29 is 9.84 Å². The summed E-state index contributed by atoms with van der Waals surface area (Å²) < 4.78 is 6.50. The van der Waals surface area contributed by atoms with E-state index in [1.54, 1.807) is 7.11 Å². The van der Waals surface area contributed by atoms with Gasteiger partial charge in [0.25, 0.3) is 0 Å². The maximum atomic E-state index is 11.6. The fourth-order valence-electron chi connectivity index (χ4n) is 1.52. The van der Waals surface area contributed by atoms with Crippen LogP contribution in [0.15, 0.2) is 9.95 Å². The molecule has 2 unspecified atom stereocenters. The summed E-state index contributed by atoms with van der Waals surface area (Å²) in [4.78, 5) is 11.6. The molecule has 0 amide bonds. The Bertz CT molecular complexity index is 418. The van der Waals surface area contributed by atoms with Crippen LogP contribution in [-0.2, 0) is 4.74 Å². The molecule has 104 valence electrons. The van der Waals surface area contributed by atoms with E-state index in [-0.39, 0.29) is 29.6 Å². The van der Waals surface area contributed by atoms with Crippen LogP contribution in [0.3, 0.4) is 0 Å². The van der Waals surface area contributed by atoms with E-state index in [0.717, 1.165) is 0 Å². The number of thioether (sulfide) groups is 1. The van der Waals surface area contributed by atoms with Crippen LogP contribution in [-0.4, -0.2) is 51.5 Å². The second kappa shape index (κ2) is 6.93. The first-order chi connectivity index (χ1) is 8.51. The Morgan fingerprint density at radius 2 is 2.28 bits per heavy atom. The van der Waals surface area contributed by atoms with E-state index in [4.69, 9.17) is 10.5 Å². The molecule has 1 heterocycles. The third-order valence-corrected chi connectivity index (χ3v) is 3.76. The normalized spacial score (nSPS) is 15.0. The SMILES string of the molecule is COCC(N)C(CO)Sc1n[nH]c(=O)n1C(C)C. The number of hydrogen-bond acceptors (Lipinski definition) is 6. The van der Waals surface area contributed by atoms with E-state index in [2.05, 4.69) is 10.2 Å². The van der Waals surface area contributed by atoms with Gasteiger partial charge >= 0.3 is 5.69 Å². The Morgan fingerprint density at radius 1 is 1.61 bits per heavy atom. The monoisotopic (exact) mass is 276 g/mol. The summed E-state index contributed by atoms with van der Waals surface area (Å²) in [6.07, 6.45) is 0. The smallest absolute Gasteiger partial charge is 0.344 e. The number of H-pyrrole nitrogens is 1. The largest absolute Gasteiger partial charge is 0.395 e. The lowest BCUT2D eigenvalue weighted by atomic mass is 10.2. The van der Waals surface area contributed by atoms with E-state index in [9.17, 15) is 9.90 Å². The summed E-state index contributed by atoms with van der Waals surface area (Å²) in [7, 11) is 1.55. The molecule has 0 aromatic carbocycles. The number of aromatic amines is 1. The molecule has 2 atom stereocenters. The average molecular weight is 276 g/mol. The molecule has 4 N–H and O–H groups in total. The third kappa shape index (κ3) is 3.58. The van der Waals surface area contributed by atoms with Crippen molar-refractivity contribution >= 4 is 11.8 Å².